The Bertz CT molecular complexity index is 559. The largest absolute Gasteiger partial charge is 0.381 e. The SMILES string of the molecule is CO[C@@H]1CCC[C@]12CCCN(C(=O)CCCc1ccc(Cl)cc1)C2. The smallest absolute Gasteiger partial charge is 0.222 e. The molecule has 0 aromatic heterocycles. The molecule has 4 heteroatoms. The number of carbonyl (C=O) groups excluding carboxylic acids is 1. The van der Waals surface area contributed by atoms with Crippen molar-refractivity contribution in [3.8, 4) is 0 Å². The number of nitrogens with zero attached hydrogens (tertiary/aromatic N) is 1. The molecule has 1 aromatic carbocycles. The molecule has 132 valence electrons. The van der Waals surface area contributed by atoms with E-state index in [1.165, 1.54) is 24.8 Å². The highest BCUT2D eigenvalue weighted by molar-refractivity contribution is 6.30. The number of piperidine rings is 1. The maximum atomic E-state index is 12.6. The number of ether oxygens (including phenoxy) is 1. The van der Waals surface area contributed by atoms with Crippen LogP contribution in [-0.4, -0.2) is 37.1 Å². The van der Waals surface area contributed by atoms with Crippen LogP contribution in [0.25, 0.3) is 0 Å². The van der Waals surface area contributed by atoms with E-state index in [-0.39, 0.29) is 5.41 Å². The van der Waals surface area contributed by atoms with Crippen LogP contribution in [0.1, 0.15) is 50.5 Å². The molecule has 1 aromatic rings. The van der Waals surface area contributed by atoms with Crippen molar-refractivity contribution in [1.82, 2.24) is 4.90 Å². The van der Waals surface area contributed by atoms with Crippen molar-refractivity contribution in [2.24, 2.45) is 5.41 Å². The second-order valence-corrected chi connectivity index (χ2v) is 7.81. The fourth-order valence-corrected chi connectivity index (χ4v) is 4.69. The van der Waals surface area contributed by atoms with Crippen LogP contribution in [0.2, 0.25) is 5.02 Å². The number of amides is 1. The van der Waals surface area contributed by atoms with Gasteiger partial charge in [-0.15, -0.1) is 0 Å². The first-order valence-electron chi connectivity index (χ1n) is 9.18. The lowest BCUT2D eigenvalue weighted by Gasteiger charge is -2.43. The minimum absolute atomic E-state index is 0.221. The lowest BCUT2D eigenvalue weighted by Crippen LogP contribution is -2.49. The summed E-state index contributed by atoms with van der Waals surface area (Å²) >= 11 is 5.91. The van der Waals surface area contributed by atoms with Gasteiger partial charge in [-0.2, -0.15) is 0 Å². The Morgan fingerprint density at radius 2 is 2.04 bits per heavy atom. The predicted molar refractivity (Wildman–Crippen MR) is 97.3 cm³/mol. The Hall–Kier alpha value is -1.06. The van der Waals surface area contributed by atoms with E-state index < -0.39 is 0 Å². The van der Waals surface area contributed by atoms with Crippen molar-refractivity contribution in [2.45, 2.75) is 57.5 Å². The molecule has 3 rings (SSSR count). The zero-order valence-corrected chi connectivity index (χ0v) is 15.4. The number of likely N-dealkylation sites (tertiary alicyclic amines) is 1. The van der Waals surface area contributed by atoms with Gasteiger partial charge in [-0.3, -0.25) is 4.79 Å². The molecule has 1 saturated heterocycles. The van der Waals surface area contributed by atoms with Crippen molar-refractivity contribution in [3.05, 3.63) is 34.9 Å². The first-order chi connectivity index (χ1) is 11.6. The number of hydrogen-bond acceptors (Lipinski definition) is 2. The van der Waals surface area contributed by atoms with Gasteiger partial charge < -0.3 is 9.64 Å². The lowest BCUT2D eigenvalue weighted by molar-refractivity contribution is -0.137. The number of carbonyl (C=O) groups is 1. The quantitative estimate of drug-likeness (QED) is 0.784. The summed E-state index contributed by atoms with van der Waals surface area (Å²) in [5.41, 5.74) is 1.47. The number of halogens is 1. The summed E-state index contributed by atoms with van der Waals surface area (Å²) in [7, 11) is 1.82. The third kappa shape index (κ3) is 3.94. The molecule has 0 unspecified atom stereocenters. The summed E-state index contributed by atoms with van der Waals surface area (Å²) in [6, 6.07) is 7.92. The van der Waals surface area contributed by atoms with Gasteiger partial charge in [0.2, 0.25) is 5.91 Å². The van der Waals surface area contributed by atoms with Gasteiger partial charge in [-0.25, -0.2) is 0 Å². The van der Waals surface area contributed by atoms with Crippen LogP contribution in [0.3, 0.4) is 0 Å². The molecule has 1 aliphatic carbocycles. The van der Waals surface area contributed by atoms with Gasteiger partial charge in [0, 0.05) is 37.1 Å². The van der Waals surface area contributed by atoms with Gasteiger partial charge in [0.15, 0.2) is 0 Å². The molecule has 1 aliphatic heterocycles. The summed E-state index contributed by atoms with van der Waals surface area (Å²) in [5, 5.41) is 0.762. The van der Waals surface area contributed by atoms with Gasteiger partial charge in [0.25, 0.3) is 0 Å². The highest BCUT2D eigenvalue weighted by atomic mass is 35.5. The third-order valence-electron chi connectivity index (χ3n) is 5.84. The Morgan fingerprint density at radius 3 is 2.79 bits per heavy atom. The normalized spacial score (nSPS) is 26.9. The summed E-state index contributed by atoms with van der Waals surface area (Å²) < 4.78 is 5.73. The predicted octanol–water partition coefficient (Wildman–Crippen LogP) is 4.47. The third-order valence-corrected chi connectivity index (χ3v) is 6.09. The average Bonchev–Trinajstić information content (AvgIpc) is 2.98. The number of rotatable bonds is 5. The Balaban J connectivity index is 1.50. The van der Waals surface area contributed by atoms with E-state index in [1.807, 2.05) is 31.4 Å². The maximum absolute atomic E-state index is 12.6. The fourth-order valence-electron chi connectivity index (χ4n) is 4.57. The van der Waals surface area contributed by atoms with Gasteiger partial charge in [-0.1, -0.05) is 30.2 Å². The van der Waals surface area contributed by atoms with Crippen LogP contribution in [-0.2, 0) is 16.0 Å². The molecule has 1 heterocycles. The minimum Gasteiger partial charge on any atom is -0.381 e. The number of hydrogen-bond donors (Lipinski definition) is 0. The Labute approximate surface area is 150 Å². The van der Waals surface area contributed by atoms with Gasteiger partial charge in [0.1, 0.15) is 0 Å². The van der Waals surface area contributed by atoms with Crippen LogP contribution >= 0.6 is 11.6 Å². The first-order valence-corrected chi connectivity index (χ1v) is 9.56. The van der Waals surface area contributed by atoms with E-state index >= 15 is 0 Å². The fraction of sp³-hybridized carbons (Fsp3) is 0.650. The average molecular weight is 350 g/mol. The van der Waals surface area contributed by atoms with E-state index in [0.717, 1.165) is 43.8 Å². The minimum atomic E-state index is 0.221. The second-order valence-electron chi connectivity index (χ2n) is 7.38. The van der Waals surface area contributed by atoms with Crippen molar-refractivity contribution in [3.63, 3.8) is 0 Å². The van der Waals surface area contributed by atoms with Crippen LogP contribution in [0.15, 0.2) is 24.3 Å². The summed E-state index contributed by atoms with van der Waals surface area (Å²) in [6.07, 6.45) is 8.72. The van der Waals surface area contributed by atoms with E-state index in [4.69, 9.17) is 16.3 Å². The number of benzene rings is 1. The monoisotopic (exact) mass is 349 g/mol. The Kier molecular flexibility index (Phi) is 5.83. The highest BCUT2D eigenvalue weighted by Crippen LogP contribution is 2.46. The molecule has 1 saturated carbocycles. The summed E-state index contributed by atoms with van der Waals surface area (Å²) in [5.74, 6) is 0.310. The van der Waals surface area contributed by atoms with Gasteiger partial charge in [-0.05, 0) is 56.2 Å². The van der Waals surface area contributed by atoms with Crippen molar-refractivity contribution >= 4 is 17.5 Å². The molecule has 3 nitrogen and oxygen atoms in total. The standard InChI is InChI=1S/C20H28ClNO2/c1-24-18-6-3-12-20(18)13-4-14-22(15-20)19(23)7-2-5-16-8-10-17(21)11-9-16/h8-11,18H,2-7,12-15H2,1H3/t18-,20-/m1/s1. The number of methoxy groups -OCH3 is 1. The zero-order valence-electron chi connectivity index (χ0n) is 14.6. The van der Waals surface area contributed by atoms with E-state index in [2.05, 4.69) is 4.90 Å². The molecule has 1 amide bonds. The van der Waals surface area contributed by atoms with E-state index in [9.17, 15) is 4.79 Å². The summed E-state index contributed by atoms with van der Waals surface area (Å²) in [6.45, 7) is 1.81. The molecule has 1 spiro atoms. The highest BCUT2D eigenvalue weighted by Gasteiger charge is 2.46. The zero-order chi connectivity index (χ0) is 17.0. The second kappa shape index (κ2) is 7.88. The molecule has 2 aliphatic rings. The first kappa shape index (κ1) is 17.8. The molecule has 24 heavy (non-hydrogen) atoms. The number of aryl methyl sites for hydroxylation is 1. The van der Waals surface area contributed by atoms with E-state index in [0.29, 0.717) is 18.4 Å². The van der Waals surface area contributed by atoms with Gasteiger partial charge in [0.05, 0.1) is 6.10 Å². The molecular weight excluding hydrogens is 322 g/mol. The molecule has 2 atom stereocenters. The Morgan fingerprint density at radius 1 is 1.29 bits per heavy atom. The molecule has 0 N–H and O–H groups in total. The molecule has 0 bridgehead atoms. The van der Waals surface area contributed by atoms with Crippen molar-refractivity contribution in [2.75, 3.05) is 20.2 Å². The molecular formula is C20H28ClNO2. The molecule has 0 radical (unpaired) electrons. The van der Waals surface area contributed by atoms with E-state index in [1.54, 1.807) is 0 Å². The van der Waals surface area contributed by atoms with Crippen molar-refractivity contribution in [1.29, 1.82) is 0 Å². The topological polar surface area (TPSA) is 29.5 Å². The van der Waals surface area contributed by atoms with Crippen LogP contribution in [0, 0.1) is 5.41 Å². The lowest BCUT2D eigenvalue weighted by atomic mass is 9.76. The van der Waals surface area contributed by atoms with Crippen LogP contribution in [0.4, 0.5) is 0 Å². The maximum Gasteiger partial charge on any atom is 0.222 e. The van der Waals surface area contributed by atoms with Gasteiger partial charge >= 0.3 is 0 Å². The van der Waals surface area contributed by atoms with Crippen LogP contribution in [0.5, 0.6) is 0 Å². The molecule has 2 fully saturated rings. The summed E-state index contributed by atoms with van der Waals surface area (Å²) in [4.78, 5) is 14.7. The van der Waals surface area contributed by atoms with Crippen LogP contribution < -0.4 is 0 Å². The van der Waals surface area contributed by atoms with Crippen molar-refractivity contribution < 1.29 is 9.53 Å².